The minimum absolute atomic E-state index is 0.514. The van der Waals surface area contributed by atoms with Gasteiger partial charge in [0.2, 0.25) is 0 Å². The maximum Gasteiger partial charge on any atom is 0.0857 e. The van der Waals surface area contributed by atoms with Crippen molar-refractivity contribution in [3.05, 3.63) is 60.2 Å². The van der Waals surface area contributed by atoms with Crippen LogP contribution in [0.4, 0.5) is 11.4 Å². The summed E-state index contributed by atoms with van der Waals surface area (Å²) in [4.78, 5) is 0. The first-order chi connectivity index (χ1) is 9.42. The fourth-order valence-corrected chi connectivity index (χ4v) is 2.35. The lowest BCUT2D eigenvalue weighted by molar-refractivity contribution is 0.648. The highest BCUT2D eigenvalue weighted by Gasteiger charge is 2.15. The Labute approximate surface area is 113 Å². The van der Waals surface area contributed by atoms with Crippen LogP contribution in [0.15, 0.2) is 64.8 Å². The third kappa shape index (κ3) is 3.06. The van der Waals surface area contributed by atoms with Crippen LogP contribution in [-0.4, -0.2) is 6.54 Å². The van der Waals surface area contributed by atoms with Crippen LogP contribution >= 0.6 is 0 Å². The van der Waals surface area contributed by atoms with Crippen molar-refractivity contribution >= 4 is 11.4 Å². The average molecular weight is 251 g/mol. The molecule has 1 heterocycles. The zero-order valence-electron chi connectivity index (χ0n) is 10.8. The molecule has 1 unspecified atom stereocenters. The molecule has 0 bridgehead atoms. The zero-order valence-corrected chi connectivity index (χ0v) is 10.8. The van der Waals surface area contributed by atoms with E-state index in [9.17, 15) is 0 Å². The summed E-state index contributed by atoms with van der Waals surface area (Å²) in [7, 11) is 0. The standard InChI is InChI=1S/C16H17N3/c1-2-5-14(6-3-1)18-19-15-10-8-13(9-11-15)16-7-4-12-17-16/h1-3,5-6,8-11,16-17H,4,7,12H2. The molecule has 2 aromatic carbocycles. The number of nitrogens with one attached hydrogen (secondary N) is 1. The number of hydrogen-bond donors (Lipinski definition) is 1. The van der Waals surface area contributed by atoms with Gasteiger partial charge in [-0.05, 0) is 49.2 Å². The van der Waals surface area contributed by atoms with Gasteiger partial charge in [-0.15, -0.1) is 0 Å². The van der Waals surface area contributed by atoms with Gasteiger partial charge in [-0.2, -0.15) is 10.2 Å². The van der Waals surface area contributed by atoms with Gasteiger partial charge < -0.3 is 5.32 Å². The van der Waals surface area contributed by atoms with Crippen LogP contribution in [0.2, 0.25) is 0 Å². The number of benzene rings is 2. The molecule has 3 heteroatoms. The van der Waals surface area contributed by atoms with Gasteiger partial charge in [-0.3, -0.25) is 0 Å². The summed E-state index contributed by atoms with van der Waals surface area (Å²) in [5.41, 5.74) is 3.12. The summed E-state index contributed by atoms with van der Waals surface area (Å²) in [6.07, 6.45) is 2.49. The van der Waals surface area contributed by atoms with Gasteiger partial charge in [-0.1, -0.05) is 30.3 Å². The molecule has 1 fully saturated rings. The van der Waals surface area contributed by atoms with E-state index in [1.54, 1.807) is 0 Å². The van der Waals surface area contributed by atoms with Gasteiger partial charge in [-0.25, -0.2) is 0 Å². The summed E-state index contributed by atoms with van der Waals surface area (Å²) in [6.45, 7) is 1.13. The van der Waals surface area contributed by atoms with Crippen LogP contribution in [0.1, 0.15) is 24.4 Å². The second kappa shape index (κ2) is 5.76. The molecule has 0 spiro atoms. The Kier molecular flexibility index (Phi) is 3.65. The van der Waals surface area contributed by atoms with Crippen molar-refractivity contribution in [3.63, 3.8) is 0 Å². The summed E-state index contributed by atoms with van der Waals surface area (Å²) in [6, 6.07) is 18.6. The Bertz CT molecular complexity index is 540. The lowest BCUT2D eigenvalue weighted by atomic mass is 10.1. The van der Waals surface area contributed by atoms with Gasteiger partial charge >= 0.3 is 0 Å². The summed E-state index contributed by atoms with van der Waals surface area (Å²) in [5.74, 6) is 0. The maximum absolute atomic E-state index is 4.25. The largest absolute Gasteiger partial charge is 0.310 e. The topological polar surface area (TPSA) is 36.8 Å². The predicted molar refractivity (Wildman–Crippen MR) is 77.0 cm³/mol. The molecule has 96 valence electrons. The fraction of sp³-hybridized carbons (Fsp3) is 0.250. The normalized spacial score (nSPS) is 19.1. The molecule has 1 atom stereocenters. The van der Waals surface area contributed by atoms with E-state index in [1.807, 2.05) is 42.5 Å². The Morgan fingerprint density at radius 3 is 2.16 bits per heavy atom. The molecule has 0 aliphatic carbocycles. The molecule has 2 aromatic rings. The van der Waals surface area contributed by atoms with Crippen molar-refractivity contribution in [2.45, 2.75) is 18.9 Å². The summed E-state index contributed by atoms with van der Waals surface area (Å²) < 4.78 is 0. The lowest BCUT2D eigenvalue weighted by Gasteiger charge is -2.09. The first kappa shape index (κ1) is 12.1. The molecular formula is C16H17N3. The highest BCUT2D eigenvalue weighted by molar-refractivity contribution is 5.41. The summed E-state index contributed by atoms with van der Waals surface area (Å²) in [5, 5.41) is 12.0. The first-order valence-corrected chi connectivity index (χ1v) is 6.72. The minimum Gasteiger partial charge on any atom is -0.310 e. The molecule has 0 amide bonds. The lowest BCUT2D eigenvalue weighted by Crippen LogP contribution is -2.12. The smallest absolute Gasteiger partial charge is 0.0857 e. The van der Waals surface area contributed by atoms with E-state index in [0.29, 0.717) is 6.04 Å². The van der Waals surface area contributed by atoms with Gasteiger partial charge in [0.1, 0.15) is 0 Å². The Morgan fingerprint density at radius 1 is 0.842 bits per heavy atom. The van der Waals surface area contributed by atoms with E-state index in [-0.39, 0.29) is 0 Å². The van der Waals surface area contributed by atoms with Gasteiger partial charge in [0.25, 0.3) is 0 Å². The van der Waals surface area contributed by atoms with E-state index in [4.69, 9.17) is 0 Å². The van der Waals surface area contributed by atoms with Crippen LogP contribution < -0.4 is 5.32 Å². The van der Waals surface area contributed by atoms with Crippen molar-refractivity contribution in [2.75, 3.05) is 6.54 Å². The molecule has 0 aromatic heterocycles. The van der Waals surface area contributed by atoms with Gasteiger partial charge in [0, 0.05) is 6.04 Å². The number of azo groups is 1. The Hall–Kier alpha value is -2.00. The minimum atomic E-state index is 0.514. The number of nitrogens with zero attached hydrogens (tertiary/aromatic N) is 2. The highest BCUT2D eigenvalue weighted by atomic mass is 15.1. The van der Waals surface area contributed by atoms with Crippen molar-refractivity contribution < 1.29 is 0 Å². The Balaban J connectivity index is 1.70. The van der Waals surface area contributed by atoms with E-state index >= 15 is 0 Å². The van der Waals surface area contributed by atoms with Crippen molar-refractivity contribution in [2.24, 2.45) is 10.2 Å². The SMILES string of the molecule is c1ccc(N=Nc2ccc(C3CCCN3)cc2)cc1. The molecule has 0 radical (unpaired) electrons. The van der Waals surface area contributed by atoms with Crippen molar-refractivity contribution in [3.8, 4) is 0 Å². The summed E-state index contributed by atoms with van der Waals surface area (Å²) >= 11 is 0. The molecular weight excluding hydrogens is 234 g/mol. The van der Waals surface area contributed by atoms with E-state index in [1.165, 1.54) is 18.4 Å². The second-order valence-corrected chi connectivity index (χ2v) is 4.78. The third-order valence-electron chi connectivity index (χ3n) is 3.39. The molecule has 3 rings (SSSR count). The van der Waals surface area contributed by atoms with Crippen LogP contribution in [0.25, 0.3) is 0 Å². The highest BCUT2D eigenvalue weighted by Crippen LogP contribution is 2.25. The second-order valence-electron chi connectivity index (χ2n) is 4.78. The van der Waals surface area contributed by atoms with Crippen LogP contribution in [0, 0.1) is 0 Å². The van der Waals surface area contributed by atoms with Crippen LogP contribution in [-0.2, 0) is 0 Å². The monoisotopic (exact) mass is 251 g/mol. The van der Waals surface area contributed by atoms with Crippen LogP contribution in [0.3, 0.4) is 0 Å². The number of rotatable bonds is 3. The molecule has 3 nitrogen and oxygen atoms in total. The van der Waals surface area contributed by atoms with E-state index < -0.39 is 0 Å². The third-order valence-corrected chi connectivity index (χ3v) is 3.39. The van der Waals surface area contributed by atoms with Crippen LogP contribution in [0.5, 0.6) is 0 Å². The molecule has 1 aliphatic rings. The Morgan fingerprint density at radius 2 is 1.53 bits per heavy atom. The molecule has 0 saturated carbocycles. The predicted octanol–water partition coefficient (Wildman–Crippen LogP) is 4.53. The zero-order chi connectivity index (χ0) is 12.9. The first-order valence-electron chi connectivity index (χ1n) is 6.72. The van der Waals surface area contributed by atoms with Gasteiger partial charge in [0.05, 0.1) is 11.4 Å². The maximum atomic E-state index is 4.25. The number of hydrogen-bond acceptors (Lipinski definition) is 3. The quantitative estimate of drug-likeness (QED) is 0.799. The molecule has 1 N–H and O–H groups in total. The molecule has 19 heavy (non-hydrogen) atoms. The molecule has 1 saturated heterocycles. The van der Waals surface area contributed by atoms with E-state index in [2.05, 4.69) is 27.7 Å². The molecule has 1 aliphatic heterocycles. The van der Waals surface area contributed by atoms with Crippen molar-refractivity contribution in [1.82, 2.24) is 5.32 Å². The van der Waals surface area contributed by atoms with Crippen molar-refractivity contribution in [1.29, 1.82) is 0 Å². The average Bonchev–Trinajstić information content (AvgIpc) is 3.01. The fourth-order valence-electron chi connectivity index (χ4n) is 2.35. The van der Waals surface area contributed by atoms with Gasteiger partial charge in [0.15, 0.2) is 0 Å². The van der Waals surface area contributed by atoms with E-state index in [0.717, 1.165) is 17.9 Å².